The highest BCUT2D eigenvalue weighted by Gasteiger charge is 2.18. The maximum atomic E-state index is 13.8. The third-order valence-corrected chi connectivity index (χ3v) is 3.79. The molecule has 5 nitrogen and oxygen atoms in total. The second kappa shape index (κ2) is 7.43. The van der Waals surface area contributed by atoms with E-state index in [1.807, 2.05) is 6.92 Å². The van der Waals surface area contributed by atoms with Gasteiger partial charge in [0.2, 0.25) is 0 Å². The molecule has 0 N–H and O–H groups in total. The standard InChI is InChI=1S/C19H17F2N3O2/c1-3-4-26-19(25)13-6-17(24(2)11-13)18-16(7-15(21)10-23-18)12-5-14(20)9-22-8-12/h5-11H,3-4H2,1-2H3. The van der Waals surface area contributed by atoms with Gasteiger partial charge in [0, 0.05) is 30.6 Å². The average molecular weight is 357 g/mol. The van der Waals surface area contributed by atoms with Gasteiger partial charge in [0.05, 0.1) is 36.0 Å². The number of aryl methyl sites for hydroxylation is 1. The van der Waals surface area contributed by atoms with Crippen LogP contribution >= 0.6 is 0 Å². The van der Waals surface area contributed by atoms with Crippen molar-refractivity contribution in [2.24, 2.45) is 7.05 Å². The van der Waals surface area contributed by atoms with Crippen molar-refractivity contribution in [2.75, 3.05) is 6.61 Å². The minimum Gasteiger partial charge on any atom is -0.462 e. The van der Waals surface area contributed by atoms with Crippen LogP contribution < -0.4 is 0 Å². The molecule has 0 unspecified atom stereocenters. The quantitative estimate of drug-likeness (QED) is 0.648. The molecule has 0 atom stereocenters. The number of esters is 1. The van der Waals surface area contributed by atoms with E-state index in [2.05, 4.69) is 9.97 Å². The van der Waals surface area contributed by atoms with Crippen molar-refractivity contribution in [1.82, 2.24) is 14.5 Å². The lowest BCUT2D eigenvalue weighted by Gasteiger charge is -2.10. The molecular formula is C19H17F2N3O2. The van der Waals surface area contributed by atoms with E-state index in [1.165, 1.54) is 18.3 Å². The molecule has 0 saturated carbocycles. The smallest absolute Gasteiger partial charge is 0.339 e. The maximum absolute atomic E-state index is 13.8. The SMILES string of the molecule is CCCOC(=O)c1cc(-c2ncc(F)cc2-c2cncc(F)c2)n(C)c1. The molecule has 0 bridgehead atoms. The van der Waals surface area contributed by atoms with Gasteiger partial charge in [-0.25, -0.2) is 13.6 Å². The number of ether oxygens (including phenoxy) is 1. The molecule has 0 radical (unpaired) electrons. The highest BCUT2D eigenvalue weighted by molar-refractivity contribution is 5.92. The van der Waals surface area contributed by atoms with Gasteiger partial charge < -0.3 is 9.30 Å². The van der Waals surface area contributed by atoms with Gasteiger partial charge >= 0.3 is 5.97 Å². The highest BCUT2D eigenvalue weighted by Crippen LogP contribution is 2.31. The van der Waals surface area contributed by atoms with E-state index >= 15 is 0 Å². The summed E-state index contributed by atoms with van der Waals surface area (Å²) in [6, 6.07) is 4.14. The first-order valence-electron chi connectivity index (χ1n) is 8.10. The molecule has 0 amide bonds. The lowest BCUT2D eigenvalue weighted by molar-refractivity contribution is 0.0505. The largest absolute Gasteiger partial charge is 0.462 e. The summed E-state index contributed by atoms with van der Waals surface area (Å²) in [5.74, 6) is -1.52. The van der Waals surface area contributed by atoms with Crippen molar-refractivity contribution < 1.29 is 18.3 Å². The van der Waals surface area contributed by atoms with E-state index in [1.54, 1.807) is 23.9 Å². The van der Waals surface area contributed by atoms with Gasteiger partial charge in [-0.3, -0.25) is 9.97 Å². The number of halogens is 2. The molecule has 0 aliphatic carbocycles. The first kappa shape index (κ1) is 17.7. The van der Waals surface area contributed by atoms with Crippen LogP contribution in [-0.4, -0.2) is 27.1 Å². The fourth-order valence-electron chi connectivity index (χ4n) is 2.61. The third-order valence-electron chi connectivity index (χ3n) is 3.79. The summed E-state index contributed by atoms with van der Waals surface area (Å²) in [6.45, 7) is 2.24. The van der Waals surface area contributed by atoms with Gasteiger partial charge in [0.1, 0.15) is 11.6 Å². The first-order chi connectivity index (χ1) is 12.5. The fourth-order valence-corrected chi connectivity index (χ4v) is 2.61. The van der Waals surface area contributed by atoms with Crippen LogP contribution in [-0.2, 0) is 11.8 Å². The van der Waals surface area contributed by atoms with Crippen LogP contribution in [0, 0.1) is 11.6 Å². The summed E-state index contributed by atoms with van der Waals surface area (Å²) in [4.78, 5) is 20.0. The lowest BCUT2D eigenvalue weighted by atomic mass is 10.0. The van der Waals surface area contributed by atoms with E-state index in [4.69, 9.17) is 4.74 Å². The summed E-state index contributed by atoms with van der Waals surface area (Å²) in [6.07, 6.45) is 5.92. The van der Waals surface area contributed by atoms with Crippen LogP contribution in [0.25, 0.3) is 22.5 Å². The number of aromatic nitrogens is 3. The van der Waals surface area contributed by atoms with Crippen molar-refractivity contribution >= 4 is 5.97 Å². The highest BCUT2D eigenvalue weighted by atomic mass is 19.1. The molecule has 0 spiro atoms. The van der Waals surface area contributed by atoms with Crippen LogP contribution in [0.1, 0.15) is 23.7 Å². The van der Waals surface area contributed by atoms with Gasteiger partial charge in [0.15, 0.2) is 0 Å². The van der Waals surface area contributed by atoms with E-state index in [-0.39, 0.29) is 0 Å². The Kier molecular flexibility index (Phi) is 5.06. The molecule has 3 aromatic heterocycles. The molecule has 134 valence electrons. The summed E-state index contributed by atoms with van der Waals surface area (Å²) >= 11 is 0. The van der Waals surface area contributed by atoms with Gasteiger partial charge in [-0.15, -0.1) is 0 Å². The Labute approximate surface area is 149 Å². The van der Waals surface area contributed by atoms with Crippen LogP contribution in [0.3, 0.4) is 0 Å². The summed E-state index contributed by atoms with van der Waals surface area (Å²) < 4.78 is 34.1. The molecule has 0 fully saturated rings. The van der Waals surface area contributed by atoms with Gasteiger partial charge in [0.25, 0.3) is 0 Å². The molecule has 26 heavy (non-hydrogen) atoms. The molecule has 0 aliphatic rings. The van der Waals surface area contributed by atoms with Crippen molar-refractivity contribution in [3.63, 3.8) is 0 Å². The van der Waals surface area contributed by atoms with E-state index < -0.39 is 17.6 Å². The second-order valence-electron chi connectivity index (χ2n) is 5.80. The molecule has 7 heteroatoms. The first-order valence-corrected chi connectivity index (χ1v) is 8.10. The minimum atomic E-state index is -0.551. The lowest BCUT2D eigenvalue weighted by Crippen LogP contribution is -2.04. The van der Waals surface area contributed by atoms with Crippen molar-refractivity contribution in [2.45, 2.75) is 13.3 Å². The van der Waals surface area contributed by atoms with E-state index in [9.17, 15) is 13.6 Å². The van der Waals surface area contributed by atoms with Crippen LogP contribution in [0.4, 0.5) is 8.78 Å². The normalized spacial score (nSPS) is 10.8. The Hall–Kier alpha value is -3.09. The Morgan fingerprint density at radius 2 is 1.92 bits per heavy atom. The predicted molar refractivity (Wildman–Crippen MR) is 92.4 cm³/mol. The van der Waals surface area contributed by atoms with Crippen LogP contribution in [0.5, 0.6) is 0 Å². The topological polar surface area (TPSA) is 57.0 Å². The van der Waals surface area contributed by atoms with Gasteiger partial charge in [-0.2, -0.15) is 0 Å². The number of rotatable bonds is 5. The van der Waals surface area contributed by atoms with Gasteiger partial charge in [-0.1, -0.05) is 6.92 Å². The fraction of sp³-hybridized carbons (Fsp3) is 0.211. The Morgan fingerprint density at radius 1 is 1.15 bits per heavy atom. The van der Waals surface area contributed by atoms with Crippen molar-refractivity contribution in [3.05, 3.63) is 60.2 Å². The number of hydrogen-bond donors (Lipinski definition) is 0. The molecule has 3 heterocycles. The third kappa shape index (κ3) is 3.61. The molecular weight excluding hydrogens is 340 g/mol. The second-order valence-corrected chi connectivity index (χ2v) is 5.80. The number of pyridine rings is 2. The predicted octanol–water partition coefficient (Wildman–Crippen LogP) is 3.99. The zero-order valence-corrected chi connectivity index (χ0v) is 14.4. The van der Waals surface area contributed by atoms with E-state index in [0.29, 0.717) is 34.7 Å². The zero-order valence-electron chi connectivity index (χ0n) is 14.4. The average Bonchev–Trinajstić information content (AvgIpc) is 3.01. The molecule has 0 aliphatic heterocycles. The van der Waals surface area contributed by atoms with Crippen molar-refractivity contribution in [1.29, 1.82) is 0 Å². The summed E-state index contributed by atoms with van der Waals surface area (Å²) in [5, 5.41) is 0. The van der Waals surface area contributed by atoms with Crippen LogP contribution in [0.2, 0.25) is 0 Å². The Balaban J connectivity index is 2.08. The Morgan fingerprint density at radius 3 is 2.65 bits per heavy atom. The van der Waals surface area contributed by atoms with Gasteiger partial charge in [-0.05, 0) is 24.6 Å². The van der Waals surface area contributed by atoms with Crippen molar-refractivity contribution in [3.8, 4) is 22.5 Å². The number of nitrogens with zero attached hydrogens (tertiary/aromatic N) is 3. The maximum Gasteiger partial charge on any atom is 0.339 e. The number of carbonyl (C=O) groups is 1. The molecule has 3 aromatic rings. The molecule has 0 aromatic carbocycles. The molecule has 3 rings (SSSR count). The monoisotopic (exact) mass is 357 g/mol. The van der Waals surface area contributed by atoms with Crippen LogP contribution in [0.15, 0.2) is 43.0 Å². The molecule has 0 saturated heterocycles. The Bertz CT molecular complexity index is 954. The number of hydrogen-bond acceptors (Lipinski definition) is 4. The minimum absolute atomic E-state index is 0.331. The zero-order chi connectivity index (χ0) is 18.7. The number of carbonyl (C=O) groups excluding carboxylic acids is 1. The van der Waals surface area contributed by atoms with E-state index in [0.717, 1.165) is 18.8 Å². The summed E-state index contributed by atoms with van der Waals surface area (Å²) in [7, 11) is 1.74. The summed E-state index contributed by atoms with van der Waals surface area (Å²) in [5.41, 5.74) is 2.13.